The Kier molecular flexibility index (Phi) is 6.09. The summed E-state index contributed by atoms with van der Waals surface area (Å²) < 4.78 is 0. The van der Waals surface area contributed by atoms with Gasteiger partial charge in [0.25, 0.3) is 0 Å². The Morgan fingerprint density at radius 2 is 1.83 bits per heavy atom. The van der Waals surface area contributed by atoms with E-state index in [2.05, 4.69) is 9.80 Å². The number of piperidine rings is 2. The molecule has 29 heavy (non-hydrogen) atoms. The molecule has 6 heteroatoms. The molecule has 1 aliphatic carbocycles. The number of benzene rings is 1. The molecule has 1 aromatic rings. The first-order valence-electron chi connectivity index (χ1n) is 11.1. The normalized spacial score (nSPS) is 23.8. The predicted octanol–water partition coefficient (Wildman–Crippen LogP) is 2.46. The fourth-order valence-corrected chi connectivity index (χ4v) is 4.90. The van der Waals surface area contributed by atoms with E-state index < -0.39 is 0 Å². The van der Waals surface area contributed by atoms with Crippen molar-refractivity contribution in [2.45, 2.75) is 51.1 Å². The van der Waals surface area contributed by atoms with Crippen LogP contribution in [0, 0.1) is 11.8 Å². The molecule has 3 fully saturated rings. The van der Waals surface area contributed by atoms with E-state index in [1.807, 2.05) is 19.2 Å². The molecular formula is C23H33N3O3. The lowest BCUT2D eigenvalue weighted by molar-refractivity contribution is -0.137. The molecule has 3 aliphatic rings. The lowest BCUT2D eigenvalue weighted by atomic mass is 9.92. The Bertz CT molecular complexity index is 741. The van der Waals surface area contributed by atoms with Gasteiger partial charge >= 0.3 is 0 Å². The molecule has 1 saturated carbocycles. The summed E-state index contributed by atoms with van der Waals surface area (Å²) in [5.74, 6) is 1.14. The molecule has 0 spiro atoms. The predicted molar refractivity (Wildman–Crippen MR) is 111 cm³/mol. The van der Waals surface area contributed by atoms with Crippen molar-refractivity contribution < 1.29 is 14.7 Å². The number of carbonyl (C=O) groups is 2. The molecule has 0 aromatic heterocycles. The van der Waals surface area contributed by atoms with Crippen molar-refractivity contribution in [1.82, 2.24) is 14.7 Å². The Hall–Kier alpha value is -2.08. The molecule has 1 atom stereocenters. The molecule has 2 heterocycles. The van der Waals surface area contributed by atoms with Gasteiger partial charge in [-0.3, -0.25) is 14.5 Å². The Morgan fingerprint density at radius 3 is 2.52 bits per heavy atom. The maximum atomic E-state index is 13.0. The van der Waals surface area contributed by atoms with Crippen LogP contribution in [0.3, 0.4) is 0 Å². The number of hydrogen-bond acceptors (Lipinski definition) is 4. The number of phenols is 1. The number of phenolic OH excluding ortho intramolecular Hbond substituents is 1. The summed E-state index contributed by atoms with van der Waals surface area (Å²) in [6, 6.07) is 7.60. The Labute approximate surface area is 173 Å². The second-order valence-electron chi connectivity index (χ2n) is 9.03. The summed E-state index contributed by atoms with van der Waals surface area (Å²) in [7, 11) is 1.85. The number of hydrogen-bond donors (Lipinski definition) is 1. The smallest absolute Gasteiger partial charge is 0.227 e. The monoisotopic (exact) mass is 399 g/mol. The van der Waals surface area contributed by atoms with E-state index in [9.17, 15) is 14.7 Å². The molecule has 1 N–H and O–H groups in total. The minimum Gasteiger partial charge on any atom is -0.508 e. The molecule has 6 nitrogen and oxygen atoms in total. The minimum absolute atomic E-state index is 0.0391. The number of nitrogens with zero attached hydrogens (tertiary/aromatic N) is 3. The van der Waals surface area contributed by atoms with Crippen LogP contribution in [0.1, 0.15) is 44.1 Å². The minimum atomic E-state index is 0.0391. The van der Waals surface area contributed by atoms with Crippen LogP contribution < -0.4 is 0 Å². The third-order valence-electron chi connectivity index (χ3n) is 6.73. The third kappa shape index (κ3) is 4.92. The van der Waals surface area contributed by atoms with E-state index >= 15 is 0 Å². The zero-order valence-corrected chi connectivity index (χ0v) is 17.4. The van der Waals surface area contributed by atoms with Crippen molar-refractivity contribution in [3.8, 4) is 5.75 Å². The van der Waals surface area contributed by atoms with Gasteiger partial charge in [-0.15, -0.1) is 0 Å². The number of rotatable bonds is 5. The van der Waals surface area contributed by atoms with Crippen molar-refractivity contribution in [1.29, 1.82) is 0 Å². The zero-order chi connectivity index (χ0) is 20.4. The standard InChI is InChI=1S/C23H33N3O3/c1-24(15-17-4-2-6-21(27)14-17)22(28)19-5-3-11-26(16-19)20-9-12-25(13-10-20)23(29)18-7-8-18/h2,4,6,14,18-20,27H,3,5,7-13,15-16H2,1H3. The Morgan fingerprint density at radius 1 is 1.07 bits per heavy atom. The summed E-state index contributed by atoms with van der Waals surface area (Å²) in [4.78, 5) is 31.6. The van der Waals surface area contributed by atoms with Gasteiger partial charge in [-0.05, 0) is 62.8 Å². The third-order valence-corrected chi connectivity index (χ3v) is 6.73. The maximum Gasteiger partial charge on any atom is 0.227 e. The Balaban J connectivity index is 1.28. The van der Waals surface area contributed by atoms with Crippen molar-refractivity contribution in [3.63, 3.8) is 0 Å². The van der Waals surface area contributed by atoms with Gasteiger partial charge < -0.3 is 14.9 Å². The van der Waals surface area contributed by atoms with E-state index in [0.717, 1.165) is 70.3 Å². The number of carbonyl (C=O) groups excluding carboxylic acids is 2. The van der Waals surface area contributed by atoms with E-state index in [-0.39, 0.29) is 17.6 Å². The van der Waals surface area contributed by atoms with Crippen LogP contribution in [-0.2, 0) is 16.1 Å². The first-order chi connectivity index (χ1) is 14.0. The summed E-state index contributed by atoms with van der Waals surface area (Å²) in [6.07, 6.45) is 6.20. The highest BCUT2D eigenvalue weighted by molar-refractivity contribution is 5.81. The average molecular weight is 400 g/mol. The van der Waals surface area contributed by atoms with Crippen molar-refractivity contribution in [2.24, 2.45) is 11.8 Å². The fraction of sp³-hybridized carbons (Fsp3) is 0.652. The summed E-state index contributed by atoms with van der Waals surface area (Å²) >= 11 is 0. The highest BCUT2D eigenvalue weighted by Gasteiger charge is 2.37. The van der Waals surface area contributed by atoms with Gasteiger partial charge in [0, 0.05) is 45.2 Å². The van der Waals surface area contributed by atoms with Crippen LogP contribution in [0.4, 0.5) is 0 Å². The molecule has 2 amide bonds. The van der Waals surface area contributed by atoms with Crippen LogP contribution in [0.25, 0.3) is 0 Å². The number of aromatic hydroxyl groups is 1. The highest BCUT2D eigenvalue weighted by atomic mass is 16.3. The van der Waals surface area contributed by atoms with Crippen molar-refractivity contribution in [3.05, 3.63) is 29.8 Å². The molecular weight excluding hydrogens is 366 g/mol. The first-order valence-corrected chi connectivity index (χ1v) is 11.1. The van der Waals surface area contributed by atoms with Gasteiger partial charge in [-0.25, -0.2) is 0 Å². The topological polar surface area (TPSA) is 64.1 Å². The highest BCUT2D eigenvalue weighted by Crippen LogP contribution is 2.33. The second-order valence-corrected chi connectivity index (χ2v) is 9.03. The second kappa shape index (κ2) is 8.74. The largest absolute Gasteiger partial charge is 0.508 e. The lowest BCUT2D eigenvalue weighted by Crippen LogP contribution is -2.51. The van der Waals surface area contributed by atoms with Crippen LogP contribution >= 0.6 is 0 Å². The van der Waals surface area contributed by atoms with E-state index in [4.69, 9.17) is 0 Å². The lowest BCUT2D eigenvalue weighted by Gasteiger charge is -2.42. The molecule has 0 bridgehead atoms. The van der Waals surface area contributed by atoms with Gasteiger partial charge in [0.1, 0.15) is 5.75 Å². The number of likely N-dealkylation sites (tertiary alicyclic amines) is 2. The zero-order valence-electron chi connectivity index (χ0n) is 17.4. The maximum absolute atomic E-state index is 13.0. The fourth-order valence-electron chi connectivity index (χ4n) is 4.90. The van der Waals surface area contributed by atoms with Gasteiger partial charge in [-0.1, -0.05) is 12.1 Å². The van der Waals surface area contributed by atoms with E-state index in [1.165, 1.54) is 0 Å². The van der Waals surface area contributed by atoms with Gasteiger partial charge in [-0.2, -0.15) is 0 Å². The summed E-state index contributed by atoms with van der Waals surface area (Å²) in [5, 5.41) is 9.64. The molecule has 0 radical (unpaired) electrons. The molecule has 1 aromatic carbocycles. The van der Waals surface area contributed by atoms with Crippen molar-refractivity contribution >= 4 is 11.8 Å². The van der Waals surface area contributed by atoms with Crippen LogP contribution in [0.2, 0.25) is 0 Å². The van der Waals surface area contributed by atoms with Crippen molar-refractivity contribution in [2.75, 3.05) is 33.2 Å². The van der Waals surface area contributed by atoms with E-state index in [0.29, 0.717) is 24.4 Å². The van der Waals surface area contributed by atoms with Crippen LogP contribution in [-0.4, -0.2) is 70.9 Å². The number of amides is 2. The quantitative estimate of drug-likeness (QED) is 0.826. The molecule has 1 unspecified atom stereocenters. The molecule has 2 saturated heterocycles. The van der Waals surface area contributed by atoms with Gasteiger partial charge in [0.15, 0.2) is 0 Å². The summed E-state index contributed by atoms with van der Waals surface area (Å²) in [6.45, 7) is 4.14. The van der Waals surface area contributed by atoms with Gasteiger partial charge in [0.05, 0.1) is 5.92 Å². The SMILES string of the molecule is CN(Cc1cccc(O)c1)C(=O)C1CCCN(C2CCN(C(=O)C3CC3)CC2)C1. The van der Waals surface area contributed by atoms with Crippen LogP contribution in [0.5, 0.6) is 5.75 Å². The molecule has 4 rings (SSSR count). The van der Waals surface area contributed by atoms with Crippen LogP contribution in [0.15, 0.2) is 24.3 Å². The molecule has 158 valence electrons. The average Bonchev–Trinajstić information content (AvgIpc) is 3.58. The first kappa shape index (κ1) is 20.2. The van der Waals surface area contributed by atoms with Gasteiger partial charge in [0.2, 0.25) is 11.8 Å². The summed E-state index contributed by atoms with van der Waals surface area (Å²) in [5.41, 5.74) is 0.946. The van der Waals surface area contributed by atoms with E-state index in [1.54, 1.807) is 17.0 Å². The molecule has 2 aliphatic heterocycles.